The molecule has 10 heteroatoms. The Morgan fingerprint density at radius 2 is 2.07 bits per heavy atom. The molecule has 1 amide bonds. The van der Waals surface area contributed by atoms with Crippen molar-refractivity contribution in [3.63, 3.8) is 0 Å². The summed E-state index contributed by atoms with van der Waals surface area (Å²) in [5.41, 5.74) is 1.60. The van der Waals surface area contributed by atoms with E-state index >= 15 is 0 Å². The number of aryl methyl sites for hydroxylation is 2. The molecule has 1 N–H and O–H groups in total. The summed E-state index contributed by atoms with van der Waals surface area (Å²) < 4.78 is 5.18. The summed E-state index contributed by atoms with van der Waals surface area (Å²) in [7, 11) is 0. The number of nitro benzene ring substituents is 1. The van der Waals surface area contributed by atoms with Crippen molar-refractivity contribution in [1.82, 2.24) is 15.1 Å². The minimum Gasteiger partial charge on any atom is -0.339 e. The van der Waals surface area contributed by atoms with Crippen molar-refractivity contribution in [3.05, 3.63) is 51.0 Å². The Balaban J connectivity index is 1.61. The number of aromatic nitrogens is 3. The number of nitrogens with one attached hydrogen (secondary N) is 1. The molecule has 2 heterocycles. The van der Waals surface area contributed by atoms with E-state index in [0.29, 0.717) is 40.1 Å². The minimum atomic E-state index is -0.420. The first-order valence-electron chi connectivity index (χ1n) is 8.97. The maximum Gasteiger partial charge on any atom is 0.272 e. The molecule has 0 spiro atoms. The smallest absolute Gasteiger partial charge is 0.272 e. The number of hydrogen-bond donors (Lipinski definition) is 1. The number of rotatable bonds is 6. The number of benzene rings is 1. The van der Waals surface area contributed by atoms with E-state index in [1.807, 2.05) is 20.8 Å². The van der Waals surface area contributed by atoms with Gasteiger partial charge in [-0.05, 0) is 6.92 Å². The standard InChI is InChI=1S/C19H21N5O4S/c1-11-5-6-12(9-14(11)24(26)27)13-10-29-18(20-13)21-15(25)7-8-16-22-17(23-28-16)19(2,3)4/h5-6,9-10H,7-8H2,1-4H3,(H,20,21,25). The van der Waals surface area contributed by atoms with Gasteiger partial charge in [-0.25, -0.2) is 4.98 Å². The van der Waals surface area contributed by atoms with Crippen LogP contribution in [0.25, 0.3) is 11.3 Å². The Morgan fingerprint density at radius 1 is 1.31 bits per heavy atom. The van der Waals surface area contributed by atoms with Crippen LogP contribution in [0.15, 0.2) is 28.1 Å². The molecule has 152 valence electrons. The summed E-state index contributed by atoms with van der Waals surface area (Å²) in [5.74, 6) is 0.790. The Labute approximate surface area is 171 Å². The van der Waals surface area contributed by atoms with Gasteiger partial charge in [0.1, 0.15) is 0 Å². The predicted octanol–water partition coefficient (Wildman–Crippen LogP) is 4.28. The normalized spacial score (nSPS) is 11.4. The van der Waals surface area contributed by atoms with Gasteiger partial charge >= 0.3 is 0 Å². The SMILES string of the molecule is Cc1ccc(-c2csc(NC(=O)CCc3nc(C(C)(C)C)no3)n2)cc1[N+](=O)[O-]. The highest BCUT2D eigenvalue weighted by molar-refractivity contribution is 7.14. The molecule has 2 aromatic heterocycles. The zero-order valence-corrected chi connectivity index (χ0v) is 17.4. The molecule has 0 bridgehead atoms. The number of carbonyl (C=O) groups is 1. The van der Waals surface area contributed by atoms with Gasteiger partial charge in [0.2, 0.25) is 11.8 Å². The van der Waals surface area contributed by atoms with Gasteiger partial charge in [0, 0.05) is 40.8 Å². The molecular weight excluding hydrogens is 394 g/mol. The van der Waals surface area contributed by atoms with Gasteiger partial charge in [0.25, 0.3) is 5.69 Å². The number of thiazole rings is 1. The van der Waals surface area contributed by atoms with E-state index in [-0.39, 0.29) is 23.4 Å². The fourth-order valence-corrected chi connectivity index (χ4v) is 3.23. The lowest BCUT2D eigenvalue weighted by atomic mass is 9.96. The molecule has 0 aliphatic heterocycles. The van der Waals surface area contributed by atoms with E-state index in [1.54, 1.807) is 24.4 Å². The highest BCUT2D eigenvalue weighted by Gasteiger charge is 2.21. The Morgan fingerprint density at radius 3 is 2.72 bits per heavy atom. The van der Waals surface area contributed by atoms with E-state index in [9.17, 15) is 14.9 Å². The van der Waals surface area contributed by atoms with Gasteiger partial charge < -0.3 is 9.84 Å². The van der Waals surface area contributed by atoms with Crippen LogP contribution in [0.4, 0.5) is 10.8 Å². The molecule has 3 rings (SSSR count). The lowest BCUT2D eigenvalue weighted by molar-refractivity contribution is -0.385. The predicted molar refractivity (Wildman–Crippen MR) is 109 cm³/mol. The van der Waals surface area contributed by atoms with Crippen LogP contribution >= 0.6 is 11.3 Å². The first kappa shape index (κ1) is 20.6. The Bertz CT molecular complexity index is 1050. The van der Waals surface area contributed by atoms with E-state index in [2.05, 4.69) is 20.4 Å². The molecule has 0 unspecified atom stereocenters. The fourth-order valence-electron chi connectivity index (χ4n) is 2.49. The van der Waals surface area contributed by atoms with Crippen molar-refractivity contribution in [3.8, 4) is 11.3 Å². The van der Waals surface area contributed by atoms with Crippen molar-refractivity contribution < 1.29 is 14.2 Å². The average molecular weight is 415 g/mol. The highest BCUT2D eigenvalue weighted by atomic mass is 32.1. The molecule has 0 saturated heterocycles. The van der Waals surface area contributed by atoms with Crippen molar-refractivity contribution in [2.45, 2.75) is 46.0 Å². The van der Waals surface area contributed by atoms with E-state index in [1.165, 1.54) is 17.4 Å². The zero-order chi connectivity index (χ0) is 21.2. The highest BCUT2D eigenvalue weighted by Crippen LogP contribution is 2.29. The number of hydrogen-bond acceptors (Lipinski definition) is 8. The zero-order valence-electron chi connectivity index (χ0n) is 16.6. The van der Waals surface area contributed by atoms with Crippen LogP contribution in [0.5, 0.6) is 0 Å². The largest absolute Gasteiger partial charge is 0.339 e. The molecule has 0 aliphatic rings. The number of carbonyl (C=O) groups excluding carboxylic acids is 1. The summed E-state index contributed by atoms with van der Waals surface area (Å²) in [5, 5.41) is 20.0. The number of amides is 1. The topological polar surface area (TPSA) is 124 Å². The molecule has 9 nitrogen and oxygen atoms in total. The lowest BCUT2D eigenvalue weighted by Gasteiger charge is -2.10. The summed E-state index contributed by atoms with van der Waals surface area (Å²) in [6.07, 6.45) is 0.508. The summed E-state index contributed by atoms with van der Waals surface area (Å²) in [6.45, 7) is 7.63. The summed E-state index contributed by atoms with van der Waals surface area (Å²) >= 11 is 1.26. The molecular formula is C19H21N5O4S. The first-order valence-corrected chi connectivity index (χ1v) is 9.85. The van der Waals surface area contributed by atoms with E-state index in [0.717, 1.165) is 0 Å². The van der Waals surface area contributed by atoms with Crippen LogP contribution < -0.4 is 5.32 Å². The van der Waals surface area contributed by atoms with Crippen LogP contribution in [0.3, 0.4) is 0 Å². The third kappa shape index (κ3) is 5.02. The number of anilines is 1. The number of nitro groups is 1. The van der Waals surface area contributed by atoms with Gasteiger partial charge in [-0.3, -0.25) is 14.9 Å². The average Bonchev–Trinajstić information content (AvgIpc) is 3.29. The molecule has 0 atom stereocenters. The van der Waals surface area contributed by atoms with E-state index in [4.69, 9.17) is 4.52 Å². The van der Waals surface area contributed by atoms with Crippen molar-refractivity contribution in [2.24, 2.45) is 0 Å². The second-order valence-electron chi connectivity index (χ2n) is 7.61. The molecule has 0 aliphatic carbocycles. The molecule has 0 saturated carbocycles. The van der Waals surface area contributed by atoms with Crippen LogP contribution in [-0.4, -0.2) is 26.0 Å². The minimum absolute atomic E-state index is 0.0373. The summed E-state index contributed by atoms with van der Waals surface area (Å²) in [6, 6.07) is 4.94. The van der Waals surface area contributed by atoms with Gasteiger partial charge in [-0.15, -0.1) is 11.3 Å². The Kier molecular flexibility index (Phi) is 5.73. The molecule has 1 aromatic carbocycles. The third-order valence-electron chi connectivity index (χ3n) is 4.16. The lowest BCUT2D eigenvalue weighted by Crippen LogP contribution is -2.14. The quantitative estimate of drug-likeness (QED) is 0.470. The van der Waals surface area contributed by atoms with Crippen LogP contribution in [0.2, 0.25) is 0 Å². The van der Waals surface area contributed by atoms with E-state index < -0.39 is 4.92 Å². The third-order valence-corrected chi connectivity index (χ3v) is 4.91. The van der Waals surface area contributed by atoms with Crippen LogP contribution in [-0.2, 0) is 16.6 Å². The second kappa shape index (κ2) is 8.08. The maximum atomic E-state index is 12.2. The van der Waals surface area contributed by atoms with Gasteiger partial charge in [0.05, 0.1) is 10.6 Å². The molecule has 29 heavy (non-hydrogen) atoms. The van der Waals surface area contributed by atoms with Crippen molar-refractivity contribution in [2.75, 3.05) is 5.32 Å². The second-order valence-corrected chi connectivity index (χ2v) is 8.46. The fraction of sp³-hybridized carbons (Fsp3) is 0.368. The molecule has 3 aromatic rings. The van der Waals surface area contributed by atoms with Gasteiger partial charge in [0.15, 0.2) is 11.0 Å². The maximum absolute atomic E-state index is 12.2. The number of nitrogens with zero attached hydrogens (tertiary/aromatic N) is 4. The van der Waals surface area contributed by atoms with Crippen LogP contribution in [0.1, 0.15) is 44.5 Å². The summed E-state index contributed by atoms with van der Waals surface area (Å²) in [4.78, 5) is 31.6. The van der Waals surface area contributed by atoms with Gasteiger partial charge in [-0.1, -0.05) is 38.1 Å². The van der Waals surface area contributed by atoms with Gasteiger partial charge in [-0.2, -0.15) is 4.98 Å². The first-order chi connectivity index (χ1) is 13.6. The molecule has 0 radical (unpaired) electrons. The van der Waals surface area contributed by atoms with Crippen molar-refractivity contribution >= 4 is 28.1 Å². The molecule has 0 fully saturated rings. The Hall–Kier alpha value is -3.14. The monoisotopic (exact) mass is 415 g/mol. The van der Waals surface area contributed by atoms with Crippen LogP contribution in [0, 0.1) is 17.0 Å². The van der Waals surface area contributed by atoms with Crippen molar-refractivity contribution in [1.29, 1.82) is 0 Å².